The number of amides is 4. The van der Waals surface area contributed by atoms with E-state index in [9.17, 15) is 22.8 Å². The lowest BCUT2D eigenvalue weighted by Crippen LogP contribution is -2.44. The number of carbonyl (C=O) groups excluding carboxylic acids is 3. The molecular weight excluding hydrogens is 472 g/mol. The number of rotatable bonds is 9. The van der Waals surface area contributed by atoms with Crippen molar-refractivity contribution >= 4 is 33.6 Å². The molecule has 2 aromatic carbocycles. The van der Waals surface area contributed by atoms with Crippen molar-refractivity contribution in [3.8, 4) is 0 Å². The van der Waals surface area contributed by atoms with Crippen LogP contribution in [0.2, 0.25) is 0 Å². The van der Waals surface area contributed by atoms with E-state index >= 15 is 0 Å². The van der Waals surface area contributed by atoms with Gasteiger partial charge in [-0.3, -0.25) is 14.5 Å². The Kier molecular flexibility index (Phi) is 6.72. The van der Waals surface area contributed by atoms with Gasteiger partial charge in [0.05, 0.1) is 17.7 Å². The lowest BCUT2D eigenvalue weighted by molar-refractivity contribution is -0.134. The van der Waals surface area contributed by atoms with Crippen LogP contribution in [0.5, 0.6) is 0 Å². The van der Waals surface area contributed by atoms with Crippen LogP contribution in [0.15, 0.2) is 82.3 Å². The summed E-state index contributed by atoms with van der Waals surface area (Å²) in [6.45, 7) is 1.23. The molecule has 0 unspecified atom stereocenters. The van der Waals surface area contributed by atoms with Gasteiger partial charge in [-0.05, 0) is 42.3 Å². The third-order valence-corrected chi connectivity index (χ3v) is 7.12. The number of anilines is 1. The minimum atomic E-state index is -3.87. The zero-order valence-electron chi connectivity index (χ0n) is 18.9. The van der Waals surface area contributed by atoms with Crippen molar-refractivity contribution < 1.29 is 27.2 Å². The quantitative estimate of drug-likeness (QED) is 0.389. The topological polar surface area (TPSA) is 138 Å². The second kappa shape index (κ2) is 9.72. The van der Waals surface area contributed by atoms with Crippen LogP contribution in [-0.2, 0) is 31.7 Å². The molecule has 35 heavy (non-hydrogen) atoms. The smallest absolute Gasteiger partial charge is 0.325 e. The van der Waals surface area contributed by atoms with E-state index in [1.165, 1.54) is 30.5 Å². The molecule has 3 N–H and O–H groups in total. The van der Waals surface area contributed by atoms with Crippen LogP contribution in [0.4, 0.5) is 10.5 Å². The van der Waals surface area contributed by atoms with Gasteiger partial charge in [0.25, 0.3) is 5.91 Å². The highest BCUT2D eigenvalue weighted by atomic mass is 32.2. The van der Waals surface area contributed by atoms with Gasteiger partial charge >= 0.3 is 6.03 Å². The first-order valence-electron chi connectivity index (χ1n) is 10.9. The summed E-state index contributed by atoms with van der Waals surface area (Å²) >= 11 is 0. The second-order valence-electron chi connectivity index (χ2n) is 7.93. The average molecular weight is 497 g/mol. The number of nitrogens with one attached hydrogen (secondary N) is 3. The molecule has 182 valence electrons. The maximum Gasteiger partial charge on any atom is 0.325 e. The lowest BCUT2D eigenvalue weighted by atomic mass is 9.87. The summed E-state index contributed by atoms with van der Waals surface area (Å²) in [5.74, 6) is -0.721. The Labute approximate surface area is 202 Å². The molecule has 0 spiro atoms. The molecule has 1 aliphatic heterocycles. The molecule has 11 heteroatoms. The fraction of sp³-hybridized carbons (Fsp3) is 0.208. The minimum Gasteiger partial charge on any atom is -0.468 e. The number of benzene rings is 2. The Bertz CT molecular complexity index is 1340. The Morgan fingerprint density at radius 1 is 1.06 bits per heavy atom. The number of furan rings is 1. The molecule has 1 aromatic heterocycles. The van der Waals surface area contributed by atoms with Crippen molar-refractivity contribution in [2.45, 2.75) is 30.3 Å². The highest BCUT2D eigenvalue weighted by Crippen LogP contribution is 2.32. The molecular formula is C24H24N4O6S. The van der Waals surface area contributed by atoms with Gasteiger partial charge < -0.3 is 15.1 Å². The number of nitrogens with zero attached hydrogens (tertiary/aromatic N) is 1. The Balaban J connectivity index is 1.44. The van der Waals surface area contributed by atoms with Crippen molar-refractivity contribution in [2.24, 2.45) is 0 Å². The lowest BCUT2D eigenvalue weighted by Gasteiger charge is -2.25. The normalized spacial score (nSPS) is 17.9. The molecule has 0 radical (unpaired) electrons. The first kappa shape index (κ1) is 24.2. The molecule has 3 aromatic rings. The number of imide groups is 1. The van der Waals surface area contributed by atoms with Crippen LogP contribution in [0.25, 0.3) is 0 Å². The summed E-state index contributed by atoms with van der Waals surface area (Å²) in [7, 11) is -3.87. The molecule has 0 bridgehead atoms. The maximum absolute atomic E-state index is 13.2. The largest absolute Gasteiger partial charge is 0.468 e. The van der Waals surface area contributed by atoms with Gasteiger partial charge in [-0.25, -0.2) is 17.9 Å². The summed E-state index contributed by atoms with van der Waals surface area (Å²) < 4.78 is 32.7. The molecule has 4 amide bonds. The van der Waals surface area contributed by atoms with Crippen LogP contribution < -0.4 is 15.4 Å². The van der Waals surface area contributed by atoms with E-state index in [0.717, 1.165) is 4.90 Å². The standard InChI is InChI=1S/C24H24N4O6S/c1-2-24(17-8-4-3-5-9-17)22(30)28(23(31)27-24)16-21(29)26-18-10-6-12-20(14-18)35(32,33)25-15-19-11-7-13-34-19/h3-14,25H,2,15-16H2,1H3,(H,26,29)(H,27,31)/t24-/m1/s1. The average Bonchev–Trinajstić information content (AvgIpc) is 3.46. The predicted molar refractivity (Wildman–Crippen MR) is 126 cm³/mol. The van der Waals surface area contributed by atoms with Gasteiger partial charge in [-0.15, -0.1) is 0 Å². The minimum absolute atomic E-state index is 0.0291. The third-order valence-electron chi connectivity index (χ3n) is 5.72. The number of hydrogen-bond donors (Lipinski definition) is 3. The van der Waals surface area contributed by atoms with E-state index in [-0.39, 0.29) is 17.1 Å². The summed E-state index contributed by atoms with van der Waals surface area (Å²) in [5.41, 5.74) is -0.414. The van der Waals surface area contributed by atoms with E-state index in [0.29, 0.717) is 17.7 Å². The number of hydrogen-bond acceptors (Lipinski definition) is 6. The number of urea groups is 1. The molecule has 2 heterocycles. The Morgan fingerprint density at radius 3 is 2.51 bits per heavy atom. The molecule has 4 rings (SSSR count). The van der Waals surface area contributed by atoms with E-state index in [2.05, 4.69) is 15.4 Å². The number of sulfonamides is 1. The summed E-state index contributed by atoms with van der Waals surface area (Å²) in [5, 5.41) is 5.27. The summed E-state index contributed by atoms with van der Waals surface area (Å²) in [6, 6.07) is 17.1. The number of carbonyl (C=O) groups is 3. The highest BCUT2D eigenvalue weighted by Gasteiger charge is 2.51. The second-order valence-corrected chi connectivity index (χ2v) is 9.69. The van der Waals surface area contributed by atoms with Gasteiger partial charge in [0, 0.05) is 5.69 Å². The molecule has 0 saturated carbocycles. The SMILES string of the molecule is CC[C@]1(c2ccccc2)NC(=O)N(CC(=O)Nc2cccc(S(=O)(=O)NCc3ccco3)c2)C1=O. The fourth-order valence-electron chi connectivity index (χ4n) is 3.88. The maximum atomic E-state index is 13.2. The Morgan fingerprint density at radius 2 is 1.83 bits per heavy atom. The third kappa shape index (κ3) is 4.96. The molecule has 1 aliphatic rings. The first-order valence-corrected chi connectivity index (χ1v) is 12.3. The molecule has 1 atom stereocenters. The molecule has 1 saturated heterocycles. The van der Waals surface area contributed by atoms with Gasteiger partial charge in [-0.1, -0.05) is 43.3 Å². The van der Waals surface area contributed by atoms with Crippen LogP contribution in [-0.4, -0.2) is 37.7 Å². The van der Waals surface area contributed by atoms with Crippen molar-refractivity contribution in [3.63, 3.8) is 0 Å². The van der Waals surface area contributed by atoms with E-state index < -0.39 is 40.0 Å². The van der Waals surface area contributed by atoms with E-state index in [1.807, 2.05) is 0 Å². The van der Waals surface area contributed by atoms with Gasteiger partial charge in [0.15, 0.2) is 0 Å². The van der Waals surface area contributed by atoms with Gasteiger partial charge in [-0.2, -0.15) is 0 Å². The van der Waals surface area contributed by atoms with Gasteiger partial charge in [0.2, 0.25) is 15.9 Å². The fourth-order valence-corrected chi connectivity index (χ4v) is 4.92. The summed E-state index contributed by atoms with van der Waals surface area (Å²) in [6.07, 6.45) is 1.75. The molecule has 10 nitrogen and oxygen atoms in total. The first-order chi connectivity index (χ1) is 16.7. The van der Waals surface area contributed by atoms with Crippen molar-refractivity contribution in [3.05, 3.63) is 84.3 Å². The zero-order chi connectivity index (χ0) is 25.1. The predicted octanol–water partition coefficient (Wildman–Crippen LogP) is 2.55. The molecule has 1 fully saturated rings. The van der Waals surface area contributed by atoms with E-state index in [1.54, 1.807) is 49.4 Å². The van der Waals surface area contributed by atoms with Crippen molar-refractivity contribution in [1.82, 2.24) is 14.9 Å². The van der Waals surface area contributed by atoms with Crippen molar-refractivity contribution in [2.75, 3.05) is 11.9 Å². The summed E-state index contributed by atoms with van der Waals surface area (Å²) in [4.78, 5) is 39.2. The Hall–Kier alpha value is -3.96. The molecule has 0 aliphatic carbocycles. The van der Waals surface area contributed by atoms with E-state index in [4.69, 9.17) is 4.42 Å². The van der Waals surface area contributed by atoms with Crippen LogP contribution in [0, 0.1) is 0 Å². The van der Waals surface area contributed by atoms with Gasteiger partial charge in [0.1, 0.15) is 17.8 Å². The zero-order valence-corrected chi connectivity index (χ0v) is 19.7. The monoisotopic (exact) mass is 496 g/mol. The van der Waals surface area contributed by atoms with Crippen molar-refractivity contribution in [1.29, 1.82) is 0 Å². The van der Waals surface area contributed by atoms with Crippen LogP contribution >= 0.6 is 0 Å². The van der Waals surface area contributed by atoms with Crippen LogP contribution in [0.3, 0.4) is 0 Å². The highest BCUT2D eigenvalue weighted by molar-refractivity contribution is 7.89. The van der Waals surface area contributed by atoms with Crippen LogP contribution in [0.1, 0.15) is 24.7 Å².